The van der Waals surface area contributed by atoms with Gasteiger partial charge in [-0.25, -0.2) is 10.1 Å². The minimum absolute atomic E-state index is 0.413. The highest BCUT2D eigenvalue weighted by molar-refractivity contribution is 5.73. The average molecular weight is 334 g/mol. The number of hydrogen-bond acceptors (Lipinski definition) is 6. The van der Waals surface area contributed by atoms with Crippen LogP contribution < -0.4 is 10.1 Å². The first-order valence-electron chi connectivity index (χ1n) is 6.86. The lowest BCUT2D eigenvalue weighted by Crippen LogP contribution is -2.25. The summed E-state index contributed by atoms with van der Waals surface area (Å²) in [5, 5.41) is 36.3. The van der Waals surface area contributed by atoms with E-state index >= 15 is 0 Å². The van der Waals surface area contributed by atoms with Crippen LogP contribution in [0.3, 0.4) is 0 Å². The van der Waals surface area contributed by atoms with Gasteiger partial charge in [-0.1, -0.05) is 36.4 Å². The molecule has 0 radical (unpaired) electrons. The van der Waals surface area contributed by atoms with Crippen molar-refractivity contribution in [2.75, 3.05) is 23.2 Å². The molecule has 8 heteroatoms. The predicted molar refractivity (Wildman–Crippen MR) is 86.4 cm³/mol. The van der Waals surface area contributed by atoms with Gasteiger partial charge in [0, 0.05) is 0 Å². The summed E-state index contributed by atoms with van der Waals surface area (Å²) in [6.07, 6.45) is 0. The second kappa shape index (κ2) is 9.82. The van der Waals surface area contributed by atoms with Crippen molar-refractivity contribution in [3.63, 3.8) is 0 Å². The number of hydrogen-bond donors (Lipinski definition) is 4. The van der Waals surface area contributed by atoms with Crippen molar-refractivity contribution < 1.29 is 30.2 Å². The van der Waals surface area contributed by atoms with Crippen LogP contribution in [-0.2, 0) is 9.59 Å². The van der Waals surface area contributed by atoms with Crippen LogP contribution in [0.25, 0.3) is 0 Å². The molecule has 0 spiro atoms. The standard InChI is InChI=1S/2C8H9NO3/c2*10-8(11)6-9(12)7-4-2-1-3-5-7/h2*1-5,12H,6H2,(H,10,11). The number of rotatable bonds is 6. The maximum Gasteiger partial charge on any atom is 0.325 e. The fraction of sp³-hybridized carbons (Fsp3) is 0.125. The highest BCUT2D eigenvalue weighted by Gasteiger charge is 2.06. The Balaban J connectivity index is 0.000000240. The molecule has 0 fully saturated rings. The van der Waals surface area contributed by atoms with Crippen LogP contribution in [-0.4, -0.2) is 45.7 Å². The van der Waals surface area contributed by atoms with Gasteiger partial charge in [0.05, 0.1) is 11.4 Å². The normalized spacial score (nSPS) is 9.42. The van der Waals surface area contributed by atoms with Gasteiger partial charge in [-0.05, 0) is 24.3 Å². The van der Waals surface area contributed by atoms with E-state index in [0.717, 1.165) is 0 Å². The van der Waals surface area contributed by atoms with Crippen LogP contribution >= 0.6 is 0 Å². The van der Waals surface area contributed by atoms with E-state index in [1.807, 2.05) is 0 Å². The molecule has 0 aliphatic rings. The number of aliphatic carboxylic acids is 2. The number of carboxylic acids is 2. The van der Waals surface area contributed by atoms with Gasteiger partial charge in [0.1, 0.15) is 13.1 Å². The van der Waals surface area contributed by atoms with Crippen molar-refractivity contribution in [1.82, 2.24) is 0 Å². The second-order valence-electron chi connectivity index (χ2n) is 4.57. The fourth-order valence-corrected chi connectivity index (χ4v) is 1.64. The molecule has 0 unspecified atom stereocenters. The molecule has 2 aromatic carbocycles. The molecule has 0 saturated heterocycles. The van der Waals surface area contributed by atoms with Crippen LogP contribution in [0, 0.1) is 0 Å². The minimum Gasteiger partial charge on any atom is -0.480 e. The largest absolute Gasteiger partial charge is 0.480 e. The predicted octanol–water partition coefficient (Wildman–Crippen LogP) is 1.93. The zero-order chi connectivity index (χ0) is 17.9. The number of para-hydroxylation sites is 2. The fourth-order valence-electron chi connectivity index (χ4n) is 1.64. The van der Waals surface area contributed by atoms with Crippen molar-refractivity contribution in [3.05, 3.63) is 60.7 Å². The third-order valence-corrected chi connectivity index (χ3v) is 2.68. The molecule has 0 atom stereocenters. The molecule has 24 heavy (non-hydrogen) atoms. The molecule has 0 heterocycles. The van der Waals surface area contributed by atoms with Crippen molar-refractivity contribution >= 4 is 23.3 Å². The van der Waals surface area contributed by atoms with Crippen LogP contribution in [0.4, 0.5) is 11.4 Å². The quantitative estimate of drug-likeness (QED) is 0.591. The second-order valence-corrected chi connectivity index (χ2v) is 4.57. The summed E-state index contributed by atoms with van der Waals surface area (Å²) in [5.74, 6) is -2.14. The number of carboxylic acid groups (broad SMARTS) is 2. The lowest BCUT2D eigenvalue weighted by molar-refractivity contribution is -0.137. The Hall–Kier alpha value is -3.10. The van der Waals surface area contributed by atoms with Crippen molar-refractivity contribution in [2.24, 2.45) is 0 Å². The maximum absolute atomic E-state index is 10.2. The lowest BCUT2D eigenvalue weighted by atomic mass is 10.3. The Morgan fingerprint density at radius 3 is 1.21 bits per heavy atom. The van der Waals surface area contributed by atoms with Crippen LogP contribution in [0.1, 0.15) is 0 Å². The Morgan fingerprint density at radius 2 is 0.958 bits per heavy atom. The highest BCUT2D eigenvalue weighted by atomic mass is 16.5. The summed E-state index contributed by atoms with van der Waals surface area (Å²) in [4.78, 5) is 20.4. The van der Waals surface area contributed by atoms with Gasteiger partial charge < -0.3 is 10.2 Å². The van der Waals surface area contributed by atoms with Crippen molar-refractivity contribution in [3.8, 4) is 0 Å². The molecule has 0 saturated carbocycles. The molecule has 0 aliphatic heterocycles. The topological polar surface area (TPSA) is 122 Å². The Morgan fingerprint density at radius 1 is 0.667 bits per heavy atom. The van der Waals surface area contributed by atoms with E-state index in [1.54, 1.807) is 60.7 Å². The highest BCUT2D eigenvalue weighted by Crippen LogP contribution is 2.10. The molecular formula is C16H18N2O6. The zero-order valence-corrected chi connectivity index (χ0v) is 12.7. The van der Waals surface area contributed by atoms with Gasteiger partial charge >= 0.3 is 11.9 Å². The maximum atomic E-state index is 10.2. The van der Waals surface area contributed by atoms with E-state index in [2.05, 4.69) is 0 Å². The molecule has 8 nitrogen and oxygen atoms in total. The van der Waals surface area contributed by atoms with Gasteiger partial charge in [0.25, 0.3) is 0 Å². The van der Waals surface area contributed by atoms with Crippen molar-refractivity contribution in [2.45, 2.75) is 0 Å². The van der Waals surface area contributed by atoms with Gasteiger partial charge in [-0.2, -0.15) is 0 Å². The first kappa shape index (κ1) is 18.9. The van der Waals surface area contributed by atoms with Crippen LogP contribution in [0.2, 0.25) is 0 Å². The van der Waals surface area contributed by atoms with Gasteiger partial charge in [0.2, 0.25) is 0 Å². The summed E-state index contributed by atoms with van der Waals surface area (Å²) in [5.41, 5.74) is 0.944. The number of nitrogens with zero attached hydrogens (tertiary/aromatic N) is 2. The monoisotopic (exact) mass is 334 g/mol. The van der Waals surface area contributed by atoms with E-state index in [-0.39, 0.29) is 0 Å². The summed E-state index contributed by atoms with van der Waals surface area (Å²) >= 11 is 0. The summed E-state index contributed by atoms with van der Waals surface area (Å²) in [7, 11) is 0. The van der Waals surface area contributed by atoms with E-state index in [1.165, 1.54) is 0 Å². The summed E-state index contributed by atoms with van der Waals surface area (Å²) in [6, 6.07) is 17.0. The minimum atomic E-state index is -1.07. The zero-order valence-electron chi connectivity index (χ0n) is 12.7. The molecule has 0 aromatic heterocycles. The lowest BCUT2D eigenvalue weighted by Gasteiger charge is -2.13. The Bertz CT molecular complexity index is 578. The van der Waals surface area contributed by atoms with E-state index in [0.29, 0.717) is 21.5 Å². The molecule has 0 bridgehead atoms. The molecule has 128 valence electrons. The first-order chi connectivity index (χ1) is 11.4. The van der Waals surface area contributed by atoms with E-state index in [9.17, 15) is 9.59 Å². The molecule has 0 aliphatic carbocycles. The average Bonchev–Trinajstić information content (AvgIpc) is 2.56. The smallest absolute Gasteiger partial charge is 0.325 e. The molecule has 0 amide bonds. The number of hydroxylamine groups is 2. The number of anilines is 2. The summed E-state index contributed by atoms with van der Waals surface area (Å²) in [6.45, 7) is -0.825. The Kier molecular flexibility index (Phi) is 7.76. The Labute approximate surface area is 138 Å². The third-order valence-electron chi connectivity index (χ3n) is 2.68. The SMILES string of the molecule is O=C(O)CN(O)c1ccccc1.O=C(O)CN(O)c1ccccc1. The van der Waals surface area contributed by atoms with Gasteiger partial charge in [-0.3, -0.25) is 20.0 Å². The van der Waals surface area contributed by atoms with Gasteiger partial charge in [0.15, 0.2) is 0 Å². The van der Waals surface area contributed by atoms with E-state index < -0.39 is 25.0 Å². The third kappa shape index (κ3) is 7.25. The molecular weight excluding hydrogens is 316 g/mol. The number of carbonyl (C=O) groups is 2. The molecule has 4 N–H and O–H groups in total. The van der Waals surface area contributed by atoms with E-state index in [4.69, 9.17) is 20.6 Å². The number of benzene rings is 2. The summed E-state index contributed by atoms with van der Waals surface area (Å²) < 4.78 is 0. The first-order valence-corrected chi connectivity index (χ1v) is 6.86. The van der Waals surface area contributed by atoms with Crippen LogP contribution in [0.5, 0.6) is 0 Å². The van der Waals surface area contributed by atoms with Crippen molar-refractivity contribution in [1.29, 1.82) is 0 Å². The molecule has 2 rings (SSSR count). The van der Waals surface area contributed by atoms with Crippen LogP contribution in [0.15, 0.2) is 60.7 Å². The molecule has 2 aromatic rings. The van der Waals surface area contributed by atoms with Gasteiger partial charge in [-0.15, -0.1) is 0 Å².